The van der Waals surface area contributed by atoms with Crippen LogP contribution in [0.3, 0.4) is 0 Å². The fourth-order valence-corrected chi connectivity index (χ4v) is 3.51. The highest BCUT2D eigenvalue weighted by atomic mass is 32.2. The first-order chi connectivity index (χ1) is 9.93. The lowest BCUT2D eigenvalue weighted by molar-refractivity contribution is 0.590. The second-order valence-electron chi connectivity index (χ2n) is 4.55. The van der Waals surface area contributed by atoms with Crippen molar-refractivity contribution in [1.29, 1.82) is 5.41 Å². The predicted molar refractivity (Wildman–Crippen MR) is 80.8 cm³/mol. The largest absolute Gasteiger partial charge is 0.388 e. The minimum absolute atomic E-state index is 0.0601. The number of para-hydroxylation sites is 1. The SMILES string of the molecule is Cc1[nH]ncc1S(=O)(=O)N(CCC(=N)N)c1ccccc1. The molecule has 1 aromatic carbocycles. The van der Waals surface area contributed by atoms with Crippen molar-refractivity contribution in [2.24, 2.45) is 5.73 Å². The molecule has 0 radical (unpaired) electrons. The van der Waals surface area contributed by atoms with Gasteiger partial charge in [-0.05, 0) is 19.1 Å². The predicted octanol–water partition coefficient (Wildman–Crippen LogP) is 1.24. The summed E-state index contributed by atoms with van der Waals surface area (Å²) < 4.78 is 26.8. The molecule has 0 aliphatic carbocycles. The molecule has 0 bridgehead atoms. The fourth-order valence-electron chi connectivity index (χ4n) is 1.92. The van der Waals surface area contributed by atoms with Crippen molar-refractivity contribution in [3.63, 3.8) is 0 Å². The van der Waals surface area contributed by atoms with Gasteiger partial charge in [0.15, 0.2) is 0 Å². The molecule has 7 nitrogen and oxygen atoms in total. The highest BCUT2D eigenvalue weighted by Gasteiger charge is 2.27. The van der Waals surface area contributed by atoms with Crippen molar-refractivity contribution in [2.45, 2.75) is 18.2 Å². The zero-order valence-electron chi connectivity index (χ0n) is 11.6. The molecule has 21 heavy (non-hydrogen) atoms. The number of anilines is 1. The van der Waals surface area contributed by atoms with E-state index in [9.17, 15) is 8.42 Å². The lowest BCUT2D eigenvalue weighted by Crippen LogP contribution is -2.34. The maximum atomic E-state index is 12.8. The average molecular weight is 307 g/mol. The Kier molecular flexibility index (Phi) is 4.27. The summed E-state index contributed by atoms with van der Waals surface area (Å²) in [4.78, 5) is 0.120. The fraction of sp³-hybridized carbons (Fsp3) is 0.231. The van der Waals surface area contributed by atoms with Crippen LogP contribution in [0.15, 0.2) is 41.4 Å². The third-order valence-electron chi connectivity index (χ3n) is 2.98. The Bertz CT molecular complexity index is 724. The molecule has 0 saturated carbocycles. The molecule has 0 atom stereocenters. The first-order valence-corrected chi connectivity index (χ1v) is 7.77. The number of aryl methyl sites for hydroxylation is 1. The number of nitrogens with two attached hydrogens (primary N) is 1. The van der Waals surface area contributed by atoms with E-state index < -0.39 is 10.0 Å². The molecule has 8 heteroatoms. The molecule has 0 fully saturated rings. The maximum Gasteiger partial charge on any atom is 0.267 e. The third-order valence-corrected chi connectivity index (χ3v) is 4.92. The van der Waals surface area contributed by atoms with Crippen LogP contribution in [0, 0.1) is 12.3 Å². The molecule has 0 unspecified atom stereocenters. The van der Waals surface area contributed by atoms with Crippen LogP contribution in [0.2, 0.25) is 0 Å². The molecular weight excluding hydrogens is 290 g/mol. The van der Waals surface area contributed by atoms with Gasteiger partial charge in [-0.25, -0.2) is 8.42 Å². The van der Waals surface area contributed by atoms with E-state index in [-0.39, 0.29) is 23.7 Å². The van der Waals surface area contributed by atoms with E-state index in [0.29, 0.717) is 11.4 Å². The Morgan fingerprint density at radius 2 is 2.05 bits per heavy atom. The topological polar surface area (TPSA) is 116 Å². The van der Waals surface area contributed by atoms with E-state index in [2.05, 4.69) is 10.2 Å². The highest BCUT2D eigenvalue weighted by molar-refractivity contribution is 7.92. The first kappa shape index (κ1) is 15.0. The number of amidine groups is 1. The highest BCUT2D eigenvalue weighted by Crippen LogP contribution is 2.24. The van der Waals surface area contributed by atoms with Crippen LogP contribution < -0.4 is 10.0 Å². The number of nitrogens with one attached hydrogen (secondary N) is 2. The minimum Gasteiger partial charge on any atom is -0.388 e. The molecular formula is C13H17N5O2S. The number of rotatable bonds is 6. The summed E-state index contributed by atoms with van der Waals surface area (Å²) in [6.07, 6.45) is 1.44. The zero-order chi connectivity index (χ0) is 15.5. The van der Waals surface area contributed by atoms with Gasteiger partial charge in [0.05, 0.1) is 23.4 Å². The Labute approximate surface area is 123 Å². The molecule has 0 spiro atoms. The second-order valence-corrected chi connectivity index (χ2v) is 6.38. The molecule has 2 aromatic rings. The van der Waals surface area contributed by atoms with Crippen LogP contribution in [0.5, 0.6) is 0 Å². The summed E-state index contributed by atoms with van der Waals surface area (Å²) >= 11 is 0. The van der Waals surface area contributed by atoms with E-state index in [4.69, 9.17) is 11.1 Å². The van der Waals surface area contributed by atoms with Gasteiger partial charge in [-0.1, -0.05) is 18.2 Å². The van der Waals surface area contributed by atoms with Crippen LogP contribution in [0.1, 0.15) is 12.1 Å². The van der Waals surface area contributed by atoms with Crippen LogP contribution in [-0.2, 0) is 10.0 Å². The zero-order valence-corrected chi connectivity index (χ0v) is 12.4. The van der Waals surface area contributed by atoms with E-state index in [1.165, 1.54) is 10.5 Å². The number of aromatic nitrogens is 2. The van der Waals surface area contributed by atoms with Crippen molar-refractivity contribution in [1.82, 2.24) is 10.2 Å². The third kappa shape index (κ3) is 3.22. The molecule has 0 amide bonds. The number of hydrogen-bond donors (Lipinski definition) is 3. The number of sulfonamides is 1. The smallest absolute Gasteiger partial charge is 0.267 e. The molecule has 0 saturated heterocycles. The Hall–Kier alpha value is -2.35. The van der Waals surface area contributed by atoms with Gasteiger partial charge >= 0.3 is 0 Å². The monoisotopic (exact) mass is 307 g/mol. The summed E-state index contributed by atoms with van der Waals surface area (Å²) in [5, 5.41) is 13.7. The summed E-state index contributed by atoms with van der Waals surface area (Å²) in [6.45, 7) is 1.75. The van der Waals surface area contributed by atoms with Gasteiger partial charge < -0.3 is 5.73 Å². The van der Waals surface area contributed by atoms with Crippen LogP contribution in [0.25, 0.3) is 0 Å². The van der Waals surface area contributed by atoms with Gasteiger partial charge in [0.1, 0.15) is 4.90 Å². The summed E-state index contributed by atoms with van der Waals surface area (Å²) in [5.74, 6) is -0.0601. The molecule has 0 aliphatic rings. The number of H-pyrrole nitrogens is 1. The number of aromatic amines is 1. The standard InChI is InChI=1S/C13H17N5O2S/c1-10-12(9-16-17-10)21(19,20)18(8-7-13(14)15)11-5-3-2-4-6-11/h2-6,9H,7-8H2,1H3,(H3,14,15)(H,16,17). The molecule has 0 aliphatic heterocycles. The van der Waals surface area contributed by atoms with Gasteiger partial charge in [-0.15, -0.1) is 0 Å². The molecule has 1 heterocycles. The van der Waals surface area contributed by atoms with Gasteiger partial charge in [0.25, 0.3) is 10.0 Å². The summed E-state index contributed by atoms with van der Waals surface area (Å²) in [5.41, 5.74) is 6.35. The Morgan fingerprint density at radius 1 is 1.38 bits per heavy atom. The number of benzene rings is 1. The molecule has 112 valence electrons. The lowest BCUT2D eigenvalue weighted by atomic mass is 10.3. The van der Waals surface area contributed by atoms with Gasteiger partial charge in [-0.3, -0.25) is 14.8 Å². The van der Waals surface area contributed by atoms with Gasteiger partial charge in [0, 0.05) is 13.0 Å². The Morgan fingerprint density at radius 3 is 2.57 bits per heavy atom. The van der Waals surface area contributed by atoms with Crippen LogP contribution >= 0.6 is 0 Å². The maximum absolute atomic E-state index is 12.8. The molecule has 4 N–H and O–H groups in total. The molecule has 2 rings (SSSR count). The van der Waals surface area contributed by atoms with Gasteiger partial charge in [0.2, 0.25) is 0 Å². The van der Waals surface area contributed by atoms with Crippen LogP contribution in [0.4, 0.5) is 5.69 Å². The normalized spacial score (nSPS) is 11.3. The number of hydrogen-bond acceptors (Lipinski definition) is 4. The minimum atomic E-state index is -3.75. The van der Waals surface area contributed by atoms with Crippen molar-refractivity contribution in [3.05, 3.63) is 42.2 Å². The second kappa shape index (κ2) is 5.96. The molecule has 1 aromatic heterocycles. The van der Waals surface area contributed by atoms with Crippen molar-refractivity contribution >= 4 is 21.5 Å². The summed E-state index contributed by atoms with van der Waals surface area (Å²) in [6, 6.07) is 8.73. The van der Waals surface area contributed by atoms with Crippen molar-refractivity contribution in [3.8, 4) is 0 Å². The quantitative estimate of drug-likeness (QED) is 0.550. The van der Waals surface area contributed by atoms with Crippen molar-refractivity contribution < 1.29 is 8.42 Å². The summed E-state index contributed by atoms with van der Waals surface area (Å²) in [7, 11) is -3.75. The van der Waals surface area contributed by atoms with Crippen molar-refractivity contribution in [2.75, 3.05) is 10.8 Å². The van der Waals surface area contributed by atoms with E-state index >= 15 is 0 Å². The van der Waals surface area contributed by atoms with E-state index in [1.54, 1.807) is 31.2 Å². The first-order valence-electron chi connectivity index (χ1n) is 6.33. The van der Waals surface area contributed by atoms with Crippen LogP contribution in [-0.4, -0.2) is 31.0 Å². The Balaban J connectivity index is 2.44. The lowest BCUT2D eigenvalue weighted by Gasteiger charge is -2.24. The van der Waals surface area contributed by atoms with E-state index in [1.807, 2.05) is 6.07 Å². The average Bonchev–Trinajstić information content (AvgIpc) is 2.86. The number of nitrogens with zero attached hydrogens (tertiary/aromatic N) is 2. The van der Waals surface area contributed by atoms with E-state index in [0.717, 1.165) is 0 Å². The van der Waals surface area contributed by atoms with Gasteiger partial charge in [-0.2, -0.15) is 5.10 Å².